The molecule has 17 heavy (non-hydrogen) atoms. The van der Waals surface area contributed by atoms with Crippen LogP contribution >= 0.6 is 0 Å². The van der Waals surface area contributed by atoms with Gasteiger partial charge in [-0.1, -0.05) is 29.8 Å². The lowest BCUT2D eigenvalue weighted by molar-refractivity contribution is -0.120. The fourth-order valence-corrected chi connectivity index (χ4v) is 2.39. The standard InChI is InChI=1S/C15H20O2/c1-12-3-2-4-14(9-12)11-15(16)10-13-5-7-17-8-6-13/h2-4,9,13H,5-8,10-11H2,1H3. The minimum Gasteiger partial charge on any atom is -0.381 e. The van der Waals surface area contributed by atoms with Gasteiger partial charge in [-0.05, 0) is 31.2 Å². The Balaban J connectivity index is 1.84. The molecule has 92 valence electrons. The van der Waals surface area contributed by atoms with E-state index in [0.717, 1.165) is 38.0 Å². The van der Waals surface area contributed by atoms with Crippen molar-refractivity contribution in [3.63, 3.8) is 0 Å². The fraction of sp³-hybridized carbons (Fsp3) is 0.533. The molecule has 0 unspecified atom stereocenters. The van der Waals surface area contributed by atoms with Gasteiger partial charge in [-0.2, -0.15) is 0 Å². The van der Waals surface area contributed by atoms with Crippen molar-refractivity contribution < 1.29 is 9.53 Å². The van der Waals surface area contributed by atoms with E-state index in [0.29, 0.717) is 18.1 Å². The number of hydrogen-bond acceptors (Lipinski definition) is 2. The maximum absolute atomic E-state index is 12.0. The molecule has 1 fully saturated rings. The van der Waals surface area contributed by atoms with Gasteiger partial charge in [0.25, 0.3) is 0 Å². The highest BCUT2D eigenvalue weighted by molar-refractivity contribution is 5.81. The van der Waals surface area contributed by atoms with Crippen molar-refractivity contribution in [3.8, 4) is 0 Å². The number of ketones is 1. The quantitative estimate of drug-likeness (QED) is 0.798. The van der Waals surface area contributed by atoms with Gasteiger partial charge < -0.3 is 4.74 Å². The molecule has 0 aliphatic carbocycles. The Morgan fingerprint density at radius 3 is 2.82 bits per heavy atom. The molecule has 2 heteroatoms. The number of carbonyl (C=O) groups excluding carboxylic acids is 1. The second kappa shape index (κ2) is 5.97. The number of aryl methyl sites for hydroxylation is 1. The van der Waals surface area contributed by atoms with Gasteiger partial charge in [-0.25, -0.2) is 0 Å². The Morgan fingerprint density at radius 2 is 2.12 bits per heavy atom. The van der Waals surface area contributed by atoms with E-state index in [2.05, 4.69) is 19.1 Å². The highest BCUT2D eigenvalue weighted by Crippen LogP contribution is 2.19. The van der Waals surface area contributed by atoms with Gasteiger partial charge in [-0.15, -0.1) is 0 Å². The number of hydrogen-bond donors (Lipinski definition) is 0. The Hall–Kier alpha value is -1.15. The molecule has 2 nitrogen and oxygen atoms in total. The predicted molar refractivity (Wildman–Crippen MR) is 68.1 cm³/mol. The average molecular weight is 232 g/mol. The molecule has 1 heterocycles. The molecule has 1 saturated heterocycles. The van der Waals surface area contributed by atoms with Gasteiger partial charge in [0.2, 0.25) is 0 Å². The molecule has 1 aromatic rings. The molecule has 0 N–H and O–H groups in total. The third kappa shape index (κ3) is 3.97. The normalized spacial score (nSPS) is 17.0. The Morgan fingerprint density at radius 1 is 1.35 bits per heavy atom. The Labute approximate surface area is 103 Å². The largest absolute Gasteiger partial charge is 0.381 e. The van der Waals surface area contributed by atoms with Crippen LogP contribution < -0.4 is 0 Å². The summed E-state index contributed by atoms with van der Waals surface area (Å²) in [7, 11) is 0. The zero-order valence-electron chi connectivity index (χ0n) is 10.4. The monoisotopic (exact) mass is 232 g/mol. The molecule has 0 radical (unpaired) electrons. The molecular weight excluding hydrogens is 212 g/mol. The summed E-state index contributed by atoms with van der Waals surface area (Å²) in [4.78, 5) is 12.0. The third-order valence-corrected chi connectivity index (χ3v) is 3.34. The summed E-state index contributed by atoms with van der Waals surface area (Å²) >= 11 is 0. The summed E-state index contributed by atoms with van der Waals surface area (Å²) in [6.07, 6.45) is 3.38. The van der Waals surface area contributed by atoms with Gasteiger partial charge in [0.15, 0.2) is 0 Å². The second-order valence-corrected chi connectivity index (χ2v) is 4.96. The lowest BCUT2D eigenvalue weighted by atomic mass is 9.92. The molecule has 0 amide bonds. The van der Waals surface area contributed by atoms with E-state index in [1.807, 2.05) is 12.1 Å². The van der Waals surface area contributed by atoms with Crippen molar-refractivity contribution in [2.75, 3.05) is 13.2 Å². The van der Waals surface area contributed by atoms with Crippen LogP contribution in [0.1, 0.15) is 30.4 Å². The van der Waals surface area contributed by atoms with Crippen LogP contribution in [-0.4, -0.2) is 19.0 Å². The Kier molecular flexibility index (Phi) is 4.32. The van der Waals surface area contributed by atoms with E-state index in [1.54, 1.807) is 0 Å². The van der Waals surface area contributed by atoms with E-state index < -0.39 is 0 Å². The van der Waals surface area contributed by atoms with E-state index in [-0.39, 0.29) is 0 Å². The van der Waals surface area contributed by atoms with Crippen LogP contribution in [0.4, 0.5) is 0 Å². The van der Waals surface area contributed by atoms with Gasteiger partial charge in [-0.3, -0.25) is 4.79 Å². The van der Waals surface area contributed by atoms with Crippen LogP contribution in [0, 0.1) is 12.8 Å². The first-order chi connectivity index (χ1) is 8.24. The van der Waals surface area contributed by atoms with E-state index in [1.165, 1.54) is 5.56 Å². The zero-order valence-corrected chi connectivity index (χ0v) is 10.4. The van der Waals surface area contributed by atoms with Gasteiger partial charge in [0.1, 0.15) is 5.78 Å². The summed E-state index contributed by atoms with van der Waals surface area (Å²) < 4.78 is 5.30. The van der Waals surface area contributed by atoms with Crippen LogP contribution in [-0.2, 0) is 16.0 Å². The van der Waals surface area contributed by atoms with E-state index in [4.69, 9.17) is 4.74 Å². The molecule has 1 aliphatic heterocycles. The molecular formula is C15H20O2. The van der Waals surface area contributed by atoms with Crippen molar-refractivity contribution in [3.05, 3.63) is 35.4 Å². The number of ether oxygens (including phenoxy) is 1. The summed E-state index contributed by atoms with van der Waals surface area (Å²) in [5.41, 5.74) is 2.36. The van der Waals surface area contributed by atoms with Crippen molar-refractivity contribution in [2.24, 2.45) is 5.92 Å². The Bertz CT molecular complexity index is 378. The van der Waals surface area contributed by atoms with Crippen molar-refractivity contribution >= 4 is 5.78 Å². The van der Waals surface area contributed by atoms with Crippen LogP contribution in [0.15, 0.2) is 24.3 Å². The molecule has 1 aliphatic rings. The minimum atomic E-state index is 0.363. The molecule has 0 atom stereocenters. The second-order valence-electron chi connectivity index (χ2n) is 4.96. The average Bonchev–Trinajstić information content (AvgIpc) is 2.30. The van der Waals surface area contributed by atoms with Crippen molar-refractivity contribution in [1.29, 1.82) is 0 Å². The molecule has 0 saturated carbocycles. The maximum atomic E-state index is 12.0. The zero-order chi connectivity index (χ0) is 12.1. The lowest BCUT2D eigenvalue weighted by Crippen LogP contribution is -2.19. The molecule has 0 spiro atoms. The lowest BCUT2D eigenvalue weighted by Gasteiger charge is -2.21. The fourth-order valence-electron chi connectivity index (χ4n) is 2.39. The highest BCUT2D eigenvalue weighted by atomic mass is 16.5. The summed E-state index contributed by atoms with van der Waals surface area (Å²) in [5.74, 6) is 0.906. The predicted octanol–water partition coefficient (Wildman–Crippen LogP) is 2.92. The molecule has 0 aromatic heterocycles. The smallest absolute Gasteiger partial charge is 0.137 e. The van der Waals surface area contributed by atoms with Crippen LogP contribution in [0.25, 0.3) is 0 Å². The summed E-state index contributed by atoms with van der Waals surface area (Å²) in [6.45, 7) is 3.71. The summed E-state index contributed by atoms with van der Waals surface area (Å²) in [5, 5.41) is 0. The maximum Gasteiger partial charge on any atom is 0.137 e. The first-order valence-corrected chi connectivity index (χ1v) is 6.39. The highest BCUT2D eigenvalue weighted by Gasteiger charge is 2.17. The molecule has 0 bridgehead atoms. The van der Waals surface area contributed by atoms with Gasteiger partial charge >= 0.3 is 0 Å². The van der Waals surface area contributed by atoms with E-state index >= 15 is 0 Å². The third-order valence-electron chi connectivity index (χ3n) is 3.34. The van der Waals surface area contributed by atoms with Gasteiger partial charge in [0, 0.05) is 26.1 Å². The first kappa shape index (κ1) is 12.3. The topological polar surface area (TPSA) is 26.3 Å². The number of rotatable bonds is 4. The molecule has 1 aromatic carbocycles. The van der Waals surface area contributed by atoms with Crippen LogP contribution in [0.5, 0.6) is 0 Å². The van der Waals surface area contributed by atoms with Crippen molar-refractivity contribution in [1.82, 2.24) is 0 Å². The van der Waals surface area contributed by atoms with Gasteiger partial charge in [0.05, 0.1) is 0 Å². The number of carbonyl (C=O) groups is 1. The molecule has 2 rings (SSSR count). The van der Waals surface area contributed by atoms with Crippen LogP contribution in [0.2, 0.25) is 0 Å². The number of Topliss-reactive ketones (excluding diaryl/α,β-unsaturated/α-hetero) is 1. The van der Waals surface area contributed by atoms with Crippen molar-refractivity contribution in [2.45, 2.75) is 32.6 Å². The first-order valence-electron chi connectivity index (χ1n) is 6.39. The van der Waals surface area contributed by atoms with E-state index in [9.17, 15) is 4.79 Å². The minimum absolute atomic E-state index is 0.363. The number of benzene rings is 1. The van der Waals surface area contributed by atoms with Crippen LogP contribution in [0.3, 0.4) is 0 Å². The SMILES string of the molecule is Cc1cccc(CC(=O)CC2CCOCC2)c1. The summed E-state index contributed by atoms with van der Waals surface area (Å²) in [6, 6.07) is 8.22.